The molecule has 2 heterocycles. The molecular formula is C16H19Cl2N2+. The molecule has 1 aromatic heterocycles. The standard InChI is InChI=1S/C16H19Cl2N2/c1-16(2,3)20-10-14(19-8-4-5-15(19)20)11-6-7-12(17)13(18)9-11/h6-7,9-10H,4-5,8H2,1-3H3/q+1. The van der Waals surface area contributed by atoms with Gasteiger partial charge in [0.2, 0.25) is 0 Å². The van der Waals surface area contributed by atoms with Gasteiger partial charge < -0.3 is 0 Å². The van der Waals surface area contributed by atoms with Gasteiger partial charge in [-0.3, -0.25) is 0 Å². The molecule has 0 unspecified atom stereocenters. The Balaban J connectivity index is 2.17. The average Bonchev–Trinajstić information content (AvgIpc) is 2.92. The van der Waals surface area contributed by atoms with Crippen molar-refractivity contribution in [3.63, 3.8) is 0 Å². The summed E-state index contributed by atoms with van der Waals surface area (Å²) in [6.07, 6.45) is 4.59. The van der Waals surface area contributed by atoms with E-state index in [9.17, 15) is 0 Å². The van der Waals surface area contributed by atoms with E-state index in [2.05, 4.69) is 36.1 Å². The van der Waals surface area contributed by atoms with Crippen LogP contribution in [-0.4, -0.2) is 4.57 Å². The quantitative estimate of drug-likeness (QED) is 0.688. The molecule has 0 saturated carbocycles. The van der Waals surface area contributed by atoms with Crippen LogP contribution >= 0.6 is 23.2 Å². The van der Waals surface area contributed by atoms with Gasteiger partial charge in [-0.05, 0) is 45.4 Å². The first-order valence-electron chi connectivity index (χ1n) is 6.98. The molecule has 0 bridgehead atoms. The van der Waals surface area contributed by atoms with Crippen molar-refractivity contribution in [2.24, 2.45) is 0 Å². The highest BCUT2D eigenvalue weighted by atomic mass is 35.5. The summed E-state index contributed by atoms with van der Waals surface area (Å²) in [6.45, 7) is 7.80. The third kappa shape index (κ3) is 2.25. The average molecular weight is 310 g/mol. The van der Waals surface area contributed by atoms with Gasteiger partial charge in [-0.1, -0.05) is 23.2 Å². The fourth-order valence-electron chi connectivity index (χ4n) is 2.90. The molecule has 0 aliphatic carbocycles. The number of halogens is 2. The Labute approximate surface area is 129 Å². The van der Waals surface area contributed by atoms with Crippen LogP contribution in [0.25, 0.3) is 11.3 Å². The minimum Gasteiger partial charge on any atom is -0.229 e. The largest absolute Gasteiger partial charge is 0.257 e. The van der Waals surface area contributed by atoms with E-state index < -0.39 is 0 Å². The van der Waals surface area contributed by atoms with Crippen LogP contribution in [0.3, 0.4) is 0 Å². The van der Waals surface area contributed by atoms with E-state index in [1.807, 2.05) is 18.2 Å². The Bertz CT molecular complexity index is 666. The minimum atomic E-state index is 0.0931. The molecule has 1 aliphatic rings. The molecule has 2 aromatic rings. The molecule has 3 rings (SSSR count). The van der Waals surface area contributed by atoms with Crippen molar-refractivity contribution in [1.29, 1.82) is 0 Å². The Kier molecular flexibility index (Phi) is 3.34. The van der Waals surface area contributed by atoms with Crippen LogP contribution in [0.1, 0.15) is 33.0 Å². The number of benzene rings is 1. The van der Waals surface area contributed by atoms with Gasteiger partial charge in [-0.25, -0.2) is 9.13 Å². The second-order valence-corrected chi connectivity index (χ2v) is 7.17. The van der Waals surface area contributed by atoms with Crippen LogP contribution in [0, 0.1) is 0 Å². The fraction of sp³-hybridized carbons (Fsp3) is 0.438. The zero-order chi connectivity index (χ0) is 14.5. The molecule has 0 radical (unpaired) electrons. The van der Waals surface area contributed by atoms with Crippen LogP contribution in [0.2, 0.25) is 10.0 Å². The van der Waals surface area contributed by atoms with Gasteiger partial charge in [0.25, 0.3) is 5.82 Å². The van der Waals surface area contributed by atoms with E-state index >= 15 is 0 Å². The van der Waals surface area contributed by atoms with Crippen LogP contribution in [0.4, 0.5) is 0 Å². The van der Waals surface area contributed by atoms with E-state index in [0.29, 0.717) is 10.0 Å². The minimum absolute atomic E-state index is 0.0931. The first-order valence-corrected chi connectivity index (χ1v) is 7.73. The maximum Gasteiger partial charge on any atom is 0.257 e. The molecule has 0 amide bonds. The summed E-state index contributed by atoms with van der Waals surface area (Å²) in [5.74, 6) is 1.40. The van der Waals surface area contributed by atoms with E-state index in [0.717, 1.165) is 18.5 Å². The summed E-state index contributed by atoms with van der Waals surface area (Å²) in [4.78, 5) is 0. The monoisotopic (exact) mass is 309 g/mol. The van der Waals surface area contributed by atoms with Crippen molar-refractivity contribution in [2.45, 2.75) is 45.7 Å². The van der Waals surface area contributed by atoms with E-state index in [1.165, 1.54) is 17.9 Å². The van der Waals surface area contributed by atoms with Crippen molar-refractivity contribution < 1.29 is 4.57 Å². The van der Waals surface area contributed by atoms with Gasteiger partial charge in [0.1, 0.15) is 11.7 Å². The Morgan fingerprint density at radius 2 is 1.90 bits per heavy atom. The van der Waals surface area contributed by atoms with E-state index in [4.69, 9.17) is 23.2 Å². The highest BCUT2D eigenvalue weighted by molar-refractivity contribution is 6.42. The first kappa shape index (κ1) is 14.0. The van der Waals surface area contributed by atoms with Crippen molar-refractivity contribution in [2.75, 3.05) is 0 Å². The van der Waals surface area contributed by atoms with Crippen LogP contribution in [0.5, 0.6) is 0 Å². The molecule has 1 aromatic carbocycles. The van der Waals surface area contributed by atoms with Gasteiger partial charge in [0.05, 0.1) is 23.0 Å². The summed E-state index contributed by atoms with van der Waals surface area (Å²) >= 11 is 12.2. The Morgan fingerprint density at radius 3 is 2.55 bits per heavy atom. The van der Waals surface area contributed by atoms with Gasteiger partial charge >= 0.3 is 0 Å². The second-order valence-electron chi connectivity index (χ2n) is 6.36. The predicted molar refractivity (Wildman–Crippen MR) is 83.4 cm³/mol. The van der Waals surface area contributed by atoms with Crippen molar-refractivity contribution >= 4 is 23.2 Å². The summed E-state index contributed by atoms with van der Waals surface area (Å²) in [7, 11) is 0. The molecule has 106 valence electrons. The summed E-state index contributed by atoms with van der Waals surface area (Å²) in [6, 6.07) is 5.87. The molecule has 0 N–H and O–H groups in total. The highest BCUT2D eigenvalue weighted by Crippen LogP contribution is 2.31. The molecule has 0 atom stereocenters. The lowest BCUT2D eigenvalue weighted by Crippen LogP contribution is -2.51. The maximum absolute atomic E-state index is 6.16. The van der Waals surface area contributed by atoms with Crippen molar-refractivity contribution in [1.82, 2.24) is 4.57 Å². The van der Waals surface area contributed by atoms with Crippen LogP contribution < -0.4 is 4.57 Å². The molecule has 20 heavy (non-hydrogen) atoms. The number of imidazole rings is 1. The second kappa shape index (κ2) is 4.78. The van der Waals surface area contributed by atoms with E-state index in [-0.39, 0.29) is 5.54 Å². The van der Waals surface area contributed by atoms with Crippen molar-refractivity contribution in [3.05, 3.63) is 40.3 Å². The third-order valence-corrected chi connectivity index (χ3v) is 4.59. The smallest absolute Gasteiger partial charge is 0.229 e. The summed E-state index contributed by atoms with van der Waals surface area (Å²) < 4.78 is 4.79. The third-order valence-electron chi connectivity index (χ3n) is 3.85. The topological polar surface area (TPSA) is 8.81 Å². The maximum atomic E-state index is 6.16. The summed E-state index contributed by atoms with van der Waals surface area (Å²) in [5, 5.41) is 1.22. The number of nitrogens with zero attached hydrogens (tertiary/aromatic N) is 2. The lowest BCUT2D eigenvalue weighted by molar-refractivity contribution is -0.759. The number of hydrogen-bond acceptors (Lipinski definition) is 0. The highest BCUT2D eigenvalue weighted by Gasteiger charge is 2.33. The molecule has 0 spiro atoms. The lowest BCUT2D eigenvalue weighted by atomic mass is 10.1. The zero-order valence-corrected chi connectivity index (χ0v) is 13.6. The van der Waals surface area contributed by atoms with Gasteiger partial charge in [0.15, 0.2) is 5.69 Å². The predicted octanol–water partition coefficient (Wildman–Crippen LogP) is 4.45. The fourth-order valence-corrected chi connectivity index (χ4v) is 3.20. The zero-order valence-electron chi connectivity index (χ0n) is 12.1. The molecule has 4 heteroatoms. The Hall–Kier alpha value is -0.990. The number of hydrogen-bond donors (Lipinski definition) is 0. The van der Waals surface area contributed by atoms with Crippen LogP contribution in [-0.2, 0) is 18.5 Å². The molecule has 0 fully saturated rings. The first-order chi connectivity index (χ1) is 9.38. The normalized spacial score (nSPS) is 14.7. The molecule has 2 nitrogen and oxygen atoms in total. The molecule has 1 aliphatic heterocycles. The van der Waals surface area contributed by atoms with Crippen LogP contribution in [0.15, 0.2) is 24.4 Å². The van der Waals surface area contributed by atoms with Crippen molar-refractivity contribution in [3.8, 4) is 11.3 Å². The number of aromatic nitrogens is 2. The summed E-state index contributed by atoms with van der Waals surface area (Å²) in [5.41, 5.74) is 2.45. The Morgan fingerprint density at radius 1 is 1.15 bits per heavy atom. The molecular weight excluding hydrogens is 291 g/mol. The lowest BCUT2D eigenvalue weighted by Gasteiger charge is -2.15. The van der Waals surface area contributed by atoms with Gasteiger partial charge in [0, 0.05) is 5.56 Å². The van der Waals surface area contributed by atoms with Gasteiger partial charge in [-0.2, -0.15) is 0 Å². The number of fused-ring (bicyclic) bond motifs is 1. The number of rotatable bonds is 1. The SMILES string of the molecule is CC(C)(C)[n+]1cc(-c2ccc(Cl)c(Cl)c2)n2c1CCC2. The molecule has 0 saturated heterocycles. The van der Waals surface area contributed by atoms with E-state index in [1.54, 1.807) is 0 Å². The van der Waals surface area contributed by atoms with Gasteiger partial charge in [-0.15, -0.1) is 0 Å².